The van der Waals surface area contributed by atoms with Crippen molar-refractivity contribution in [2.45, 2.75) is 32.6 Å². The molecule has 0 saturated heterocycles. The van der Waals surface area contributed by atoms with E-state index in [0.717, 1.165) is 11.3 Å². The molecule has 2 aromatic rings. The molecule has 0 unspecified atom stereocenters. The van der Waals surface area contributed by atoms with Crippen molar-refractivity contribution in [2.75, 3.05) is 34.5 Å². The molecule has 1 N–H and O–H groups in total. The lowest BCUT2D eigenvalue weighted by Gasteiger charge is -2.19. The Labute approximate surface area is 173 Å². The number of benzene rings is 2. The normalized spacial score (nSPS) is 11.0. The van der Waals surface area contributed by atoms with Crippen LogP contribution in [0.15, 0.2) is 36.4 Å². The SMILES string of the molecule is COc1cc(CC(=O)NCCOc2ccc(C(C)(C)C)cc2)cc(OC)c1OC. The summed E-state index contributed by atoms with van der Waals surface area (Å²) in [7, 11) is 4.64. The number of nitrogens with one attached hydrogen (secondary N) is 1. The van der Waals surface area contributed by atoms with Crippen LogP contribution in [0.2, 0.25) is 0 Å². The molecular formula is C23H31NO5. The number of hydrogen-bond acceptors (Lipinski definition) is 5. The molecule has 0 spiro atoms. The van der Waals surface area contributed by atoms with E-state index in [1.54, 1.807) is 33.5 Å². The van der Waals surface area contributed by atoms with Gasteiger partial charge in [0.25, 0.3) is 0 Å². The molecule has 29 heavy (non-hydrogen) atoms. The number of carbonyl (C=O) groups is 1. The first-order valence-corrected chi connectivity index (χ1v) is 9.57. The van der Waals surface area contributed by atoms with E-state index in [2.05, 4.69) is 38.2 Å². The van der Waals surface area contributed by atoms with Gasteiger partial charge in [-0.2, -0.15) is 0 Å². The first kappa shape index (κ1) is 22.4. The molecule has 0 saturated carbocycles. The maximum Gasteiger partial charge on any atom is 0.224 e. The number of hydrogen-bond donors (Lipinski definition) is 1. The zero-order chi connectivity index (χ0) is 21.4. The molecule has 0 atom stereocenters. The van der Waals surface area contributed by atoms with Gasteiger partial charge >= 0.3 is 0 Å². The second-order valence-electron chi connectivity index (χ2n) is 7.68. The smallest absolute Gasteiger partial charge is 0.224 e. The summed E-state index contributed by atoms with van der Waals surface area (Å²) >= 11 is 0. The summed E-state index contributed by atoms with van der Waals surface area (Å²) < 4.78 is 21.6. The molecular weight excluding hydrogens is 370 g/mol. The van der Waals surface area contributed by atoms with Crippen molar-refractivity contribution in [2.24, 2.45) is 0 Å². The molecule has 0 aliphatic carbocycles. The Balaban J connectivity index is 1.84. The van der Waals surface area contributed by atoms with Gasteiger partial charge in [-0.1, -0.05) is 32.9 Å². The third kappa shape index (κ3) is 6.31. The second kappa shape index (κ2) is 10.0. The summed E-state index contributed by atoms with van der Waals surface area (Å²) in [5, 5.41) is 2.86. The van der Waals surface area contributed by atoms with Crippen LogP contribution in [0.3, 0.4) is 0 Å². The van der Waals surface area contributed by atoms with Gasteiger partial charge in [-0.25, -0.2) is 0 Å². The summed E-state index contributed by atoms with van der Waals surface area (Å²) in [6.07, 6.45) is 0.205. The van der Waals surface area contributed by atoms with Crippen LogP contribution in [-0.4, -0.2) is 40.4 Å². The van der Waals surface area contributed by atoms with Crippen molar-refractivity contribution in [1.29, 1.82) is 0 Å². The van der Waals surface area contributed by atoms with Crippen molar-refractivity contribution >= 4 is 5.91 Å². The van der Waals surface area contributed by atoms with E-state index < -0.39 is 0 Å². The third-order valence-corrected chi connectivity index (χ3v) is 4.50. The molecule has 0 aliphatic heterocycles. The van der Waals surface area contributed by atoms with E-state index in [-0.39, 0.29) is 17.7 Å². The molecule has 158 valence electrons. The van der Waals surface area contributed by atoms with Crippen LogP contribution in [0.25, 0.3) is 0 Å². The molecule has 1 amide bonds. The predicted octanol–water partition coefficient (Wildman–Crippen LogP) is 3.75. The van der Waals surface area contributed by atoms with Crippen molar-refractivity contribution in [1.82, 2.24) is 5.32 Å². The lowest BCUT2D eigenvalue weighted by Crippen LogP contribution is -2.29. The fraction of sp³-hybridized carbons (Fsp3) is 0.435. The van der Waals surface area contributed by atoms with E-state index in [1.165, 1.54) is 5.56 Å². The quantitative estimate of drug-likeness (QED) is 0.649. The standard InChI is InChI=1S/C23H31NO5/c1-23(2,3)17-7-9-18(10-8-17)29-12-11-24-21(25)15-16-13-19(26-4)22(28-6)20(14-16)27-5/h7-10,13-14H,11-12,15H2,1-6H3,(H,24,25). The van der Waals surface area contributed by atoms with Gasteiger partial charge in [-0.3, -0.25) is 4.79 Å². The van der Waals surface area contributed by atoms with E-state index in [4.69, 9.17) is 18.9 Å². The highest BCUT2D eigenvalue weighted by molar-refractivity contribution is 5.79. The maximum absolute atomic E-state index is 12.3. The predicted molar refractivity (Wildman–Crippen MR) is 113 cm³/mol. The Hall–Kier alpha value is -2.89. The molecule has 6 heteroatoms. The molecule has 0 radical (unpaired) electrons. The highest BCUT2D eigenvalue weighted by Gasteiger charge is 2.15. The summed E-state index contributed by atoms with van der Waals surface area (Å²) in [5.41, 5.74) is 2.14. The fourth-order valence-electron chi connectivity index (χ4n) is 2.90. The van der Waals surface area contributed by atoms with Gasteiger partial charge in [0.05, 0.1) is 34.3 Å². The lowest BCUT2D eigenvalue weighted by molar-refractivity contribution is -0.120. The zero-order valence-corrected chi connectivity index (χ0v) is 18.1. The van der Waals surface area contributed by atoms with Crippen LogP contribution in [0.5, 0.6) is 23.0 Å². The highest BCUT2D eigenvalue weighted by Crippen LogP contribution is 2.38. The van der Waals surface area contributed by atoms with Gasteiger partial charge in [0.15, 0.2) is 11.5 Å². The van der Waals surface area contributed by atoms with Crippen molar-refractivity contribution in [3.05, 3.63) is 47.5 Å². The lowest BCUT2D eigenvalue weighted by atomic mass is 9.87. The molecule has 2 aromatic carbocycles. The second-order valence-corrected chi connectivity index (χ2v) is 7.68. The minimum absolute atomic E-state index is 0.106. The Kier molecular flexibility index (Phi) is 7.76. The van der Waals surface area contributed by atoms with Gasteiger partial charge in [0.2, 0.25) is 11.7 Å². The zero-order valence-electron chi connectivity index (χ0n) is 18.1. The molecule has 0 bridgehead atoms. The summed E-state index contributed by atoms with van der Waals surface area (Å²) in [4.78, 5) is 12.3. The topological polar surface area (TPSA) is 66.0 Å². The van der Waals surface area contributed by atoms with Gasteiger partial charge in [0.1, 0.15) is 12.4 Å². The van der Waals surface area contributed by atoms with E-state index in [9.17, 15) is 4.79 Å². The highest BCUT2D eigenvalue weighted by atomic mass is 16.5. The monoisotopic (exact) mass is 401 g/mol. The van der Waals surface area contributed by atoms with Gasteiger partial charge in [0, 0.05) is 0 Å². The largest absolute Gasteiger partial charge is 0.493 e. The molecule has 0 aromatic heterocycles. The fourth-order valence-corrected chi connectivity index (χ4v) is 2.90. The van der Waals surface area contributed by atoms with E-state index >= 15 is 0 Å². The number of amides is 1. The van der Waals surface area contributed by atoms with Crippen molar-refractivity contribution in [3.8, 4) is 23.0 Å². The van der Waals surface area contributed by atoms with Crippen LogP contribution in [-0.2, 0) is 16.6 Å². The number of ether oxygens (including phenoxy) is 4. The molecule has 2 rings (SSSR count). The summed E-state index contributed by atoms with van der Waals surface area (Å²) in [5.74, 6) is 2.24. The molecule has 6 nitrogen and oxygen atoms in total. The van der Waals surface area contributed by atoms with Gasteiger partial charge in [-0.15, -0.1) is 0 Å². The number of rotatable bonds is 9. The number of carbonyl (C=O) groups excluding carboxylic acids is 1. The Morgan fingerprint density at radius 2 is 1.52 bits per heavy atom. The Bertz CT molecular complexity index is 784. The first-order chi connectivity index (χ1) is 13.8. The van der Waals surface area contributed by atoms with Crippen LogP contribution in [0, 0.1) is 0 Å². The van der Waals surface area contributed by atoms with E-state index in [0.29, 0.717) is 30.4 Å². The van der Waals surface area contributed by atoms with Crippen LogP contribution in [0.4, 0.5) is 0 Å². The first-order valence-electron chi connectivity index (χ1n) is 9.57. The Morgan fingerprint density at radius 1 is 0.931 bits per heavy atom. The molecule has 0 fully saturated rings. The maximum atomic E-state index is 12.3. The Morgan fingerprint density at radius 3 is 2.00 bits per heavy atom. The molecule has 0 heterocycles. The average Bonchev–Trinajstić information content (AvgIpc) is 2.70. The van der Waals surface area contributed by atoms with Crippen LogP contribution < -0.4 is 24.3 Å². The minimum Gasteiger partial charge on any atom is -0.493 e. The summed E-state index contributed by atoms with van der Waals surface area (Å²) in [6, 6.07) is 11.6. The van der Waals surface area contributed by atoms with Crippen molar-refractivity contribution in [3.63, 3.8) is 0 Å². The average molecular weight is 402 g/mol. The van der Waals surface area contributed by atoms with Crippen molar-refractivity contribution < 1.29 is 23.7 Å². The minimum atomic E-state index is -0.106. The van der Waals surface area contributed by atoms with Gasteiger partial charge < -0.3 is 24.3 Å². The number of methoxy groups -OCH3 is 3. The summed E-state index contributed by atoms with van der Waals surface area (Å²) in [6.45, 7) is 7.34. The van der Waals surface area contributed by atoms with Gasteiger partial charge in [-0.05, 0) is 40.8 Å². The third-order valence-electron chi connectivity index (χ3n) is 4.50. The van der Waals surface area contributed by atoms with E-state index in [1.807, 2.05) is 12.1 Å². The molecule has 0 aliphatic rings. The van der Waals surface area contributed by atoms with Crippen LogP contribution in [0.1, 0.15) is 31.9 Å². The van der Waals surface area contributed by atoms with Crippen LogP contribution >= 0.6 is 0 Å².